The lowest BCUT2D eigenvalue weighted by Crippen LogP contribution is -2.50. The molecule has 2 aliphatic rings. The average Bonchev–Trinajstić information content (AvgIpc) is 2.74. The van der Waals surface area contributed by atoms with Crippen molar-refractivity contribution in [1.82, 2.24) is 15.1 Å². The number of carbonyl (C=O) groups excluding carboxylic acids is 1. The Morgan fingerprint density at radius 3 is 2.56 bits per heavy atom. The van der Waals surface area contributed by atoms with Gasteiger partial charge in [0.25, 0.3) is 0 Å². The van der Waals surface area contributed by atoms with Gasteiger partial charge in [-0.25, -0.2) is 4.79 Å². The molecule has 0 aromatic heterocycles. The zero-order chi connectivity index (χ0) is 12.8. The van der Waals surface area contributed by atoms with Gasteiger partial charge in [0.05, 0.1) is 0 Å². The zero-order valence-electron chi connectivity index (χ0n) is 11.7. The number of likely N-dealkylation sites (tertiary alicyclic amines) is 2. The molecular weight excluding hydrogens is 226 g/mol. The quantitative estimate of drug-likeness (QED) is 0.835. The number of carbonyl (C=O) groups is 1. The third-order valence-electron chi connectivity index (χ3n) is 4.13. The summed E-state index contributed by atoms with van der Waals surface area (Å²) in [5.41, 5.74) is 0. The van der Waals surface area contributed by atoms with Crippen LogP contribution in [0.15, 0.2) is 0 Å². The van der Waals surface area contributed by atoms with Gasteiger partial charge >= 0.3 is 6.03 Å². The fraction of sp³-hybridized carbons (Fsp3) is 0.929. The largest absolute Gasteiger partial charge is 0.338 e. The molecule has 4 heteroatoms. The molecule has 0 bridgehead atoms. The van der Waals surface area contributed by atoms with Crippen molar-refractivity contribution in [2.24, 2.45) is 0 Å². The average molecular weight is 253 g/mol. The molecule has 2 fully saturated rings. The van der Waals surface area contributed by atoms with Crippen molar-refractivity contribution in [1.29, 1.82) is 0 Å². The highest BCUT2D eigenvalue weighted by Gasteiger charge is 2.27. The highest BCUT2D eigenvalue weighted by Crippen LogP contribution is 2.19. The van der Waals surface area contributed by atoms with Crippen molar-refractivity contribution in [2.45, 2.75) is 51.5 Å². The zero-order valence-corrected chi connectivity index (χ0v) is 11.7. The number of amides is 2. The van der Waals surface area contributed by atoms with E-state index in [-0.39, 0.29) is 6.03 Å². The lowest BCUT2D eigenvalue weighted by atomic mass is 10.1. The fourth-order valence-corrected chi connectivity index (χ4v) is 3.15. The molecule has 0 saturated carbocycles. The summed E-state index contributed by atoms with van der Waals surface area (Å²) in [6.07, 6.45) is 7.53. The second-order valence-electron chi connectivity index (χ2n) is 5.54. The molecule has 2 rings (SSSR count). The van der Waals surface area contributed by atoms with Crippen LogP contribution in [0.2, 0.25) is 0 Å². The number of urea groups is 1. The van der Waals surface area contributed by atoms with Gasteiger partial charge < -0.3 is 15.1 Å². The molecule has 1 N–H and O–H groups in total. The molecular formula is C14H27N3O. The molecule has 0 aliphatic carbocycles. The smallest absolute Gasteiger partial charge is 0.317 e. The van der Waals surface area contributed by atoms with Crippen molar-refractivity contribution in [3.63, 3.8) is 0 Å². The van der Waals surface area contributed by atoms with Crippen molar-refractivity contribution in [2.75, 3.05) is 32.7 Å². The van der Waals surface area contributed by atoms with Crippen LogP contribution in [0.4, 0.5) is 4.79 Å². The standard InChI is InChI=1S/C14H27N3O/c1-2-15-14(18)17-11-5-3-4-8-13(17)12-16-9-6-7-10-16/h13H,2-12H2,1H3,(H,15,18). The van der Waals surface area contributed by atoms with Gasteiger partial charge in [-0.15, -0.1) is 0 Å². The fourth-order valence-electron chi connectivity index (χ4n) is 3.15. The van der Waals surface area contributed by atoms with Crippen LogP contribution in [-0.4, -0.2) is 54.6 Å². The lowest BCUT2D eigenvalue weighted by molar-refractivity contribution is 0.154. The van der Waals surface area contributed by atoms with E-state index in [2.05, 4.69) is 15.1 Å². The monoisotopic (exact) mass is 253 g/mol. The Kier molecular flexibility index (Phi) is 5.29. The molecule has 4 nitrogen and oxygen atoms in total. The number of hydrogen-bond donors (Lipinski definition) is 1. The Bertz CT molecular complexity index is 264. The highest BCUT2D eigenvalue weighted by molar-refractivity contribution is 5.74. The first-order valence-corrected chi connectivity index (χ1v) is 7.58. The summed E-state index contributed by atoms with van der Waals surface area (Å²) in [6.45, 7) is 7.18. The van der Waals surface area contributed by atoms with E-state index in [1.165, 1.54) is 45.2 Å². The van der Waals surface area contributed by atoms with Crippen LogP contribution in [0.5, 0.6) is 0 Å². The van der Waals surface area contributed by atoms with E-state index in [1.54, 1.807) is 0 Å². The summed E-state index contributed by atoms with van der Waals surface area (Å²) in [6, 6.07) is 0.570. The Hall–Kier alpha value is -0.770. The van der Waals surface area contributed by atoms with Gasteiger partial charge in [0.2, 0.25) is 0 Å². The molecule has 0 aromatic carbocycles. The first kappa shape index (κ1) is 13.7. The third kappa shape index (κ3) is 3.61. The number of rotatable bonds is 3. The molecule has 1 atom stereocenters. The minimum absolute atomic E-state index is 0.142. The number of hydrogen-bond acceptors (Lipinski definition) is 2. The lowest BCUT2D eigenvalue weighted by Gasteiger charge is -2.33. The number of nitrogens with zero attached hydrogens (tertiary/aromatic N) is 2. The summed E-state index contributed by atoms with van der Waals surface area (Å²) in [5.74, 6) is 0. The normalized spacial score (nSPS) is 26.1. The minimum atomic E-state index is 0.142. The SMILES string of the molecule is CCNC(=O)N1CCCCCC1CN1CCCC1. The summed E-state index contributed by atoms with van der Waals surface area (Å²) < 4.78 is 0. The minimum Gasteiger partial charge on any atom is -0.338 e. The highest BCUT2D eigenvalue weighted by atomic mass is 16.2. The van der Waals surface area contributed by atoms with Gasteiger partial charge in [-0.3, -0.25) is 0 Å². The molecule has 1 unspecified atom stereocenters. The van der Waals surface area contributed by atoms with E-state index in [4.69, 9.17) is 0 Å². The number of nitrogens with one attached hydrogen (secondary N) is 1. The molecule has 2 aliphatic heterocycles. The van der Waals surface area contributed by atoms with E-state index in [0.717, 1.165) is 26.1 Å². The summed E-state index contributed by atoms with van der Waals surface area (Å²) in [7, 11) is 0. The van der Waals surface area contributed by atoms with Gasteiger partial charge in [-0.05, 0) is 45.7 Å². The van der Waals surface area contributed by atoms with E-state index in [9.17, 15) is 4.79 Å². The summed E-state index contributed by atoms with van der Waals surface area (Å²) in [4.78, 5) is 16.8. The van der Waals surface area contributed by atoms with Crippen molar-refractivity contribution >= 4 is 6.03 Å². The molecule has 2 saturated heterocycles. The Morgan fingerprint density at radius 1 is 1.11 bits per heavy atom. The first-order chi connectivity index (χ1) is 8.81. The third-order valence-corrected chi connectivity index (χ3v) is 4.13. The maximum absolute atomic E-state index is 12.1. The van der Waals surface area contributed by atoms with Crippen LogP contribution in [0.3, 0.4) is 0 Å². The van der Waals surface area contributed by atoms with E-state index >= 15 is 0 Å². The predicted molar refractivity (Wildman–Crippen MR) is 73.7 cm³/mol. The van der Waals surface area contributed by atoms with Gasteiger partial charge in [-0.1, -0.05) is 12.8 Å². The van der Waals surface area contributed by atoms with Gasteiger partial charge in [0.1, 0.15) is 0 Å². The molecule has 18 heavy (non-hydrogen) atoms. The van der Waals surface area contributed by atoms with Gasteiger partial charge in [-0.2, -0.15) is 0 Å². The van der Waals surface area contributed by atoms with Crippen LogP contribution in [0, 0.1) is 0 Å². The predicted octanol–water partition coefficient (Wildman–Crippen LogP) is 2.06. The van der Waals surface area contributed by atoms with Gasteiger partial charge in [0.15, 0.2) is 0 Å². The van der Waals surface area contributed by atoms with Gasteiger partial charge in [0, 0.05) is 25.7 Å². The topological polar surface area (TPSA) is 35.6 Å². The second kappa shape index (κ2) is 6.98. The van der Waals surface area contributed by atoms with Crippen LogP contribution in [-0.2, 0) is 0 Å². The van der Waals surface area contributed by atoms with Crippen LogP contribution < -0.4 is 5.32 Å². The maximum atomic E-state index is 12.1. The molecule has 0 aromatic rings. The summed E-state index contributed by atoms with van der Waals surface area (Å²) in [5, 5.41) is 2.97. The van der Waals surface area contributed by atoms with Crippen LogP contribution in [0.25, 0.3) is 0 Å². The van der Waals surface area contributed by atoms with E-state index in [1.807, 2.05) is 6.92 Å². The maximum Gasteiger partial charge on any atom is 0.317 e. The van der Waals surface area contributed by atoms with Crippen LogP contribution >= 0.6 is 0 Å². The Labute approximate surface area is 111 Å². The molecule has 0 radical (unpaired) electrons. The molecule has 2 heterocycles. The molecule has 2 amide bonds. The van der Waals surface area contributed by atoms with Crippen molar-refractivity contribution in [3.8, 4) is 0 Å². The Morgan fingerprint density at radius 2 is 1.83 bits per heavy atom. The second-order valence-corrected chi connectivity index (χ2v) is 5.54. The first-order valence-electron chi connectivity index (χ1n) is 7.58. The molecule has 0 spiro atoms. The Balaban J connectivity index is 1.94. The van der Waals surface area contributed by atoms with E-state index < -0.39 is 0 Å². The van der Waals surface area contributed by atoms with Crippen LogP contribution in [0.1, 0.15) is 45.4 Å². The summed E-state index contributed by atoms with van der Waals surface area (Å²) >= 11 is 0. The van der Waals surface area contributed by atoms with Crippen molar-refractivity contribution in [3.05, 3.63) is 0 Å². The van der Waals surface area contributed by atoms with E-state index in [0.29, 0.717) is 6.04 Å². The van der Waals surface area contributed by atoms with Crippen molar-refractivity contribution < 1.29 is 4.79 Å². The molecule has 104 valence electrons.